The summed E-state index contributed by atoms with van der Waals surface area (Å²) in [5.74, 6) is 1.25. The van der Waals surface area contributed by atoms with Crippen LogP contribution < -0.4 is 0 Å². The summed E-state index contributed by atoms with van der Waals surface area (Å²) in [6, 6.07) is 2.04. The number of aromatic nitrogens is 1. The number of amides is 1. The van der Waals surface area contributed by atoms with Gasteiger partial charge in [0.15, 0.2) is 0 Å². The maximum atomic E-state index is 12.5. The average Bonchev–Trinajstić information content (AvgIpc) is 3.07. The molecule has 2 aromatic heterocycles. The van der Waals surface area contributed by atoms with Gasteiger partial charge in [0.2, 0.25) is 0 Å². The molecule has 0 N–H and O–H groups in total. The van der Waals surface area contributed by atoms with Gasteiger partial charge in [0, 0.05) is 29.4 Å². The summed E-state index contributed by atoms with van der Waals surface area (Å²) in [7, 11) is 0. The molecule has 3 rings (SSSR count). The van der Waals surface area contributed by atoms with Gasteiger partial charge in [-0.2, -0.15) is 11.3 Å². The van der Waals surface area contributed by atoms with Crippen molar-refractivity contribution in [2.45, 2.75) is 20.3 Å². The summed E-state index contributed by atoms with van der Waals surface area (Å²) in [6.45, 7) is 6.14. The number of thiophene rings is 1. The largest absolute Gasteiger partial charge is 0.337 e. The number of hydrogen-bond donors (Lipinski definition) is 0. The highest BCUT2D eigenvalue weighted by Crippen LogP contribution is 2.27. The molecule has 1 aliphatic rings. The van der Waals surface area contributed by atoms with Crippen LogP contribution in [0.3, 0.4) is 0 Å². The molecule has 0 aliphatic carbocycles. The molecule has 0 spiro atoms. The Balaban J connectivity index is 1.77. The van der Waals surface area contributed by atoms with Crippen LogP contribution in [0.1, 0.15) is 30.8 Å². The highest BCUT2D eigenvalue weighted by Gasteiger charge is 2.27. The zero-order valence-electron chi connectivity index (χ0n) is 11.7. The molecule has 1 fully saturated rings. The van der Waals surface area contributed by atoms with Crippen LogP contribution in [-0.2, 0) is 0 Å². The molecule has 5 heteroatoms. The van der Waals surface area contributed by atoms with Gasteiger partial charge < -0.3 is 4.90 Å². The lowest BCUT2D eigenvalue weighted by atomic mass is 9.92. The summed E-state index contributed by atoms with van der Waals surface area (Å²) in [6.07, 6.45) is 1.21. The van der Waals surface area contributed by atoms with E-state index in [1.807, 2.05) is 21.7 Å². The van der Waals surface area contributed by atoms with Gasteiger partial charge in [-0.1, -0.05) is 13.8 Å². The van der Waals surface area contributed by atoms with E-state index in [-0.39, 0.29) is 5.91 Å². The molecule has 106 valence electrons. The van der Waals surface area contributed by atoms with Gasteiger partial charge in [-0.05, 0) is 29.7 Å². The first-order valence-electron chi connectivity index (χ1n) is 6.91. The Labute approximate surface area is 127 Å². The predicted octanol–water partition coefficient (Wildman–Crippen LogP) is 3.99. The number of nitrogens with zero attached hydrogens (tertiary/aromatic N) is 2. The van der Waals surface area contributed by atoms with E-state index in [9.17, 15) is 4.79 Å². The molecular formula is C15H18N2OS2. The van der Waals surface area contributed by atoms with Gasteiger partial charge >= 0.3 is 0 Å². The Morgan fingerprint density at radius 1 is 1.30 bits per heavy atom. The van der Waals surface area contributed by atoms with Crippen molar-refractivity contribution in [1.82, 2.24) is 9.88 Å². The fourth-order valence-corrected chi connectivity index (χ4v) is 4.39. The van der Waals surface area contributed by atoms with E-state index in [4.69, 9.17) is 0 Å². The molecule has 1 aliphatic heterocycles. The van der Waals surface area contributed by atoms with Crippen LogP contribution in [0.25, 0.3) is 10.6 Å². The van der Waals surface area contributed by atoms with E-state index >= 15 is 0 Å². The van der Waals surface area contributed by atoms with Crippen molar-refractivity contribution in [3.05, 3.63) is 27.9 Å². The van der Waals surface area contributed by atoms with Gasteiger partial charge in [-0.3, -0.25) is 4.79 Å². The van der Waals surface area contributed by atoms with Gasteiger partial charge in [0.05, 0.1) is 0 Å². The molecule has 1 saturated heterocycles. The summed E-state index contributed by atoms with van der Waals surface area (Å²) in [5, 5.41) is 6.93. The molecule has 0 aromatic carbocycles. The fraction of sp³-hybridized carbons (Fsp3) is 0.467. The first-order valence-corrected chi connectivity index (χ1v) is 8.73. The maximum Gasteiger partial charge on any atom is 0.273 e. The van der Waals surface area contributed by atoms with Crippen molar-refractivity contribution in [1.29, 1.82) is 0 Å². The number of hydrogen-bond acceptors (Lipinski definition) is 4. The number of rotatable bonds is 2. The first-order chi connectivity index (χ1) is 9.63. The van der Waals surface area contributed by atoms with Crippen molar-refractivity contribution in [3.63, 3.8) is 0 Å². The van der Waals surface area contributed by atoms with E-state index < -0.39 is 0 Å². The third-order valence-corrected chi connectivity index (χ3v) is 5.22. The Bertz CT molecular complexity index is 581. The molecule has 2 aromatic rings. The highest BCUT2D eigenvalue weighted by atomic mass is 32.1. The smallest absolute Gasteiger partial charge is 0.273 e. The summed E-state index contributed by atoms with van der Waals surface area (Å²) in [5.41, 5.74) is 1.71. The molecule has 1 amide bonds. The van der Waals surface area contributed by atoms with E-state index in [1.165, 1.54) is 6.42 Å². The fourth-order valence-electron chi connectivity index (χ4n) is 2.88. The Kier molecular flexibility index (Phi) is 3.89. The van der Waals surface area contributed by atoms with Crippen LogP contribution in [0.5, 0.6) is 0 Å². The van der Waals surface area contributed by atoms with Crippen molar-refractivity contribution >= 4 is 28.6 Å². The van der Waals surface area contributed by atoms with Gasteiger partial charge in [0.25, 0.3) is 5.91 Å². The minimum absolute atomic E-state index is 0.0844. The first kappa shape index (κ1) is 13.8. The lowest BCUT2D eigenvalue weighted by Crippen LogP contribution is -2.42. The second kappa shape index (κ2) is 5.66. The maximum absolute atomic E-state index is 12.5. The molecular weight excluding hydrogens is 288 g/mol. The monoisotopic (exact) mass is 306 g/mol. The Hall–Kier alpha value is -1.20. The van der Waals surface area contributed by atoms with Crippen LogP contribution >= 0.6 is 22.7 Å². The number of piperidine rings is 1. The normalized spacial score (nSPS) is 23.0. The lowest BCUT2D eigenvalue weighted by molar-refractivity contribution is 0.0618. The number of carbonyl (C=O) groups is 1. The third-order valence-electron chi connectivity index (χ3n) is 3.65. The Morgan fingerprint density at radius 3 is 2.70 bits per heavy atom. The summed E-state index contributed by atoms with van der Waals surface area (Å²) in [4.78, 5) is 19.0. The quantitative estimate of drug-likeness (QED) is 0.840. The molecule has 0 bridgehead atoms. The van der Waals surface area contributed by atoms with Crippen molar-refractivity contribution in [3.8, 4) is 10.6 Å². The Morgan fingerprint density at radius 2 is 2.05 bits per heavy atom. The zero-order valence-corrected chi connectivity index (χ0v) is 13.3. The van der Waals surface area contributed by atoms with E-state index in [1.54, 1.807) is 22.7 Å². The highest BCUT2D eigenvalue weighted by molar-refractivity contribution is 7.14. The second-order valence-electron chi connectivity index (χ2n) is 5.71. The van der Waals surface area contributed by atoms with Gasteiger partial charge in [-0.15, -0.1) is 11.3 Å². The van der Waals surface area contributed by atoms with Crippen LogP contribution in [0, 0.1) is 11.8 Å². The van der Waals surface area contributed by atoms with Crippen LogP contribution in [0.2, 0.25) is 0 Å². The number of thiazole rings is 1. The summed E-state index contributed by atoms with van der Waals surface area (Å²) >= 11 is 3.20. The van der Waals surface area contributed by atoms with Gasteiger partial charge in [0.1, 0.15) is 10.7 Å². The molecule has 20 heavy (non-hydrogen) atoms. The van der Waals surface area contributed by atoms with Gasteiger partial charge in [-0.25, -0.2) is 4.98 Å². The molecule has 2 atom stereocenters. The van der Waals surface area contributed by atoms with E-state index in [0.29, 0.717) is 17.5 Å². The predicted molar refractivity (Wildman–Crippen MR) is 84.3 cm³/mol. The molecule has 3 heterocycles. The minimum atomic E-state index is 0.0844. The topological polar surface area (TPSA) is 33.2 Å². The second-order valence-corrected chi connectivity index (χ2v) is 7.34. The summed E-state index contributed by atoms with van der Waals surface area (Å²) < 4.78 is 0. The number of likely N-dealkylation sites (tertiary alicyclic amines) is 1. The minimum Gasteiger partial charge on any atom is -0.337 e. The zero-order chi connectivity index (χ0) is 14.1. The molecule has 3 nitrogen and oxygen atoms in total. The van der Waals surface area contributed by atoms with Crippen LogP contribution in [-0.4, -0.2) is 28.9 Å². The van der Waals surface area contributed by atoms with Crippen molar-refractivity contribution in [2.75, 3.05) is 13.1 Å². The van der Waals surface area contributed by atoms with E-state index in [2.05, 4.69) is 24.2 Å². The van der Waals surface area contributed by atoms with E-state index in [0.717, 1.165) is 23.7 Å². The van der Waals surface area contributed by atoms with Crippen molar-refractivity contribution < 1.29 is 4.79 Å². The SMILES string of the molecule is CC1CC(C)CN(C(=O)c2csc(-c3ccsc3)n2)C1. The molecule has 0 radical (unpaired) electrons. The molecule has 2 unspecified atom stereocenters. The number of carbonyl (C=O) groups excluding carboxylic acids is 1. The average molecular weight is 306 g/mol. The molecule has 0 saturated carbocycles. The standard InChI is InChI=1S/C15H18N2OS2/c1-10-5-11(2)7-17(6-10)15(18)13-9-20-14(16-13)12-3-4-19-8-12/h3-4,8-11H,5-7H2,1-2H3. The van der Waals surface area contributed by atoms with Crippen molar-refractivity contribution in [2.24, 2.45) is 11.8 Å². The van der Waals surface area contributed by atoms with Crippen LogP contribution in [0.15, 0.2) is 22.2 Å². The lowest BCUT2D eigenvalue weighted by Gasteiger charge is -2.34. The van der Waals surface area contributed by atoms with Crippen LogP contribution in [0.4, 0.5) is 0 Å². The third kappa shape index (κ3) is 2.79.